The van der Waals surface area contributed by atoms with Gasteiger partial charge in [0.15, 0.2) is 5.69 Å². The summed E-state index contributed by atoms with van der Waals surface area (Å²) >= 11 is 0. The van der Waals surface area contributed by atoms with E-state index >= 15 is 0 Å². The molecule has 0 aliphatic rings. The van der Waals surface area contributed by atoms with E-state index in [1.807, 2.05) is 0 Å². The Labute approximate surface area is 254 Å². The SMILES string of the molecule is [C-]#[N+]c1ccncc1-c1ccc(-c2cc3ccc4cc(-c5ccc(-c6cnccc6C#N)cc5)cc5ccc(c2)c3c45)cc1. The van der Waals surface area contributed by atoms with E-state index in [1.54, 1.807) is 36.9 Å². The Morgan fingerprint density at radius 3 is 1.41 bits per heavy atom. The second kappa shape index (κ2) is 10.2. The standard InChI is InChI=1S/C40H22N4/c1-42-38-15-17-44-24-37(38)28-8-4-26(5-9-28)35-20-31-12-10-29-18-34(19-30-11-13-32(21-35)40(31)39(29)30)25-2-6-27(7-3-25)36-23-43-16-14-33(36)22-41/h2-21,23-24H. The van der Waals surface area contributed by atoms with Gasteiger partial charge in [0.2, 0.25) is 0 Å². The molecule has 0 aliphatic heterocycles. The molecular weight excluding hydrogens is 536 g/mol. The van der Waals surface area contributed by atoms with Gasteiger partial charge in [-0.3, -0.25) is 9.97 Å². The van der Waals surface area contributed by atoms with Crippen molar-refractivity contribution in [1.29, 1.82) is 5.26 Å². The molecular formula is C40H22N4. The monoisotopic (exact) mass is 558 g/mol. The van der Waals surface area contributed by atoms with Gasteiger partial charge >= 0.3 is 0 Å². The molecule has 8 aromatic rings. The van der Waals surface area contributed by atoms with Crippen LogP contribution in [-0.2, 0) is 0 Å². The van der Waals surface area contributed by atoms with Crippen LogP contribution in [0.1, 0.15) is 5.56 Å². The third-order valence-corrected chi connectivity index (χ3v) is 8.45. The van der Waals surface area contributed by atoms with Crippen molar-refractivity contribution in [3.05, 3.63) is 151 Å². The summed E-state index contributed by atoms with van der Waals surface area (Å²) in [6.45, 7) is 7.48. The number of hydrogen-bond acceptors (Lipinski definition) is 3. The fraction of sp³-hybridized carbons (Fsp3) is 0. The molecule has 0 aliphatic carbocycles. The maximum atomic E-state index is 9.49. The lowest BCUT2D eigenvalue weighted by Gasteiger charge is -2.15. The van der Waals surface area contributed by atoms with Crippen LogP contribution in [0.25, 0.3) is 81.7 Å². The molecule has 4 nitrogen and oxygen atoms in total. The third-order valence-electron chi connectivity index (χ3n) is 8.45. The number of rotatable bonds is 4. The van der Waals surface area contributed by atoms with E-state index in [1.165, 1.54) is 32.3 Å². The van der Waals surface area contributed by atoms with E-state index < -0.39 is 0 Å². The molecule has 0 bridgehead atoms. The number of nitriles is 1. The van der Waals surface area contributed by atoms with Crippen LogP contribution < -0.4 is 0 Å². The maximum absolute atomic E-state index is 9.49. The Kier molecular flexibility index (Phi) is 5.86. The zero-order chi connectivity index (χ0) is 29.6. The lowest BCUT2D eigenvalue weighted by Crippen LogP contribution is -1.89. The van der Waals surface area contributed by atoms with E-state index in [-0.39, 0.29) is 0 Å². The number of pyridine rings is 2. The average Bonchev–Trinajstić information content (AvgIpc) is 3.10. The van der Waals surface area contributed by atoms with Crippen LogP contribution in [0.5, 0.6) is 0 Å². The summed E-state index contributed by atoms with van der Waals surface area (Å²) in [6, 6.07) is 40.4. The molecule has 0 unspecified atom stereocenters. The highest BCUT2D eigenvalue weighted by molar-refractivity contribution is 6.24. The zero-order valence-corrected chi connectivity index (χ0v) is 23.5. The molecule has 0 saturated heterocycles. The fourth-order valence-corrected chi connectivity index (χ4v) is 6.28. The molecule has 0 fully saturated rings. The summed E-state index contributed by atoms with van der Waals surface area (Å²) in [4.78, 5) is 12.1. The normalized spacial score (nSPS) is 11.1. The molecule has 8 rings (SSSR count). The lowest BCUT2D eigenvalue weighted by atomic mass is 9.89. The van der Waals surface area contributed by atoms with Crippen molar-refractivity contribution in [2.45, 2.75) is 0 Å². The second-order valence-electron chi connectivity index (χ2n) is 10.9. The van der Waals surface area contributed by atoms with Crippen LogP contribution in [-0.4, -0.2) is 9.97 Å². The molecule has 2 aromatic heterocycles. The molecule has 0 atom stereocenters. The molecule has 202 valence electrons. The number of benzene rings is 6. The fourth-order valence-electron chi connectivity index (χ4n) is 6.28. The van der Waals surface area contributed by atoms with Gasteiger partial charge in [-0.1, -0.05) is 72.8 Å². The third kappa shape index (κ3) is 4.14. The lowest BCUT2D eigenvalue weighted by molar-refractivity contribution is 1.31. The van der Waals surface area contributed by atoms with Crippen molar-refractivity contribution in [3.8, 4) is 50.6 Å². The Bertz CT molecular complexity index is 2200. The number of aromatic nitrogens is 2. The predicted molar refractivity (Wildman–Crippen MR) is 178 cm³/mol. The molecule has 2 heterocycles. The van der Waals surface area contributed by atoms with Gasteiger partial charge in [-0.15, -0.1) is 0 Å². The van der Waals surface area contributed by atoms with E-state index in [9.17, 15) is 5.26 Å². The minimum Gasteiger partial charge on any atom is -0.267 e. The van der Waals surface area contributed by atoms with Gasteiger partial charge in [0.1, 0.15) is 0 Å². The first-order valence-electron chi connectivity index (χ1n) is 14.3. The highest BCUT2D eigenvalue weighted by Crippen LogP contribution is 2.40. The molecule has 6 aromatic carbocycles. The van der Waals surface area contributed by atoms with Crippen LogP contribution in [0.15, 0.2) is 134 Å². The smallest absolute Gasteiger partial charge is 0.197 e. The van der Waals surface area contributed by atoms with Gasteiger partial charge in [0.05, 0.1) is 18.2 Å². The highest BCUT2D eigenvalue weighted by atomic mass is 14.7. The van der Waals surface area contributed by atoms with Crippen LogP contribution in [0.2, 0.25) is 0 Å². The summed E-state index contributed by atoms with van der Waals surface area (Å²) in [5.41, 5.74) is 9.46. The van der Waals surface area contributed by atoms with Crippen LogP contribution >= 0.6 is 0 Å². The van der Waals surface area contributed by atoms with E-state index in [0.717, 1.165) is 44.5 Å². The first-order chi connectivity index (χ1) is 21.7. The largest absolute Gasteiger partial charge is 0.267 e. The molecule has 0 amide bonds. The van der Waals surface area contributed by atoms with E-state index in [4.69, 9.17) is 6.57 Å². The van der Waals surface area contributed by atoms with Gasteiger partial charge in [0, 0.05) is 35.9 Å². The summed E-state index contributed by atoms with van der Waals surface area (Å²) in [7, 11) is 0. The average molecular weight is 559 g/mol. The van der Waals surface area contributed by atoms with Gasteiger partial charge in [-0.25, -0.2) is 4.85 Å². The van der Waals surface area contributed by atoms with E-state index in [2.05, 4.69) is 118 Å². The Morgan fingerprint density at radius 2 is 0.932 bits per heavy atom. The van der Waals surface area contributed by atoms with Crippen molar-refractivity contribution in [2.75, 3.05) is 0 Å². The van der Waals surface area contributed by atoms with Crippen LogP contribution in [0.3, 0.4) is 0 Å². The summed E-state index contributed by atoms with van der Waals surface area (Å²) < 4.78 is 0. The second-order valence-corrected chi connectivity index (χ2v) is 10.9. The first-order valence-corrected chi connectivity index (χ1v) is 14.3. The zero-order valence-electron chi connectivity index (χ0n) is 23.5. The van der Waals surface area contributed by atoms with Crippen LogP contribution in [0.4, 0.5) is 5.69 Å². The van der Waals surface area contributed by atoms with Crippen molar-refractivity contribution < 1.29 is 0 Å². The molecule has 0 N–H and O–H groups in total. The van der Waals surface area contributed by atoms with Crippen molar-refractivity contribution in [3.63, 3.8) is 0 Å². The Balaban J connectivity index is 1.17. The van der Waals surface area contributed by atoms with Gasteiger partial charge in [-0.05, 0) is 102 Å². The maximum Gasteiger partial charge on any atom is 0.197 e. The summed E-state index contributed by atoms with van der Waals surface area (Å²) in [5.74, 6) is 0. The molecule has 0 radical (unpaired) electrons. The number of nitrogens with zero attached hydrogens (tertiary/aromatic N) is 4. The van der Waals surface area contributed by atoms with Crippen LogP contribution in [0, 0.1) is 17.9 Å². The molecule has 0 saturated carbocycles. The summed E-state index contributed by atoms with van der Waals surface area (Å²) in [5, 5.41) is 16.9. The van der Waals surface area contributed by atoms with Crippen molar-refractivity contribution >= 4 is 38.0 Å². The minimum atomic E-state index is 0.606. The first kappa shape index (κ1) is 25.4. The number of hydrogen-bond donors (Lipinski definition) is 0. The molecule has 0 spiro atoms. The Morgan fingerprint density at radius 1 is 0.500 bits per heavy atom. The van der Waals surface area contributed by atoms with Gasteiger partial charge in [0.25, 0.3) is 0 Å². The van der Waals surface area contributed by atoms with Gasteiger partial charge in [-0.2, -0.15) is 5.26 Å². The molecule has 44 heavy (non-hydrogen) atoms. The topological polar surface area (TPSA) is 53.9 Å². The highest BCUT2D eigenvalue weighted by Gasteiger charge is 2.13. The summed E-state index contributed by atoms with van der Waals surface area (Å²) in [6.07, 6.45) is 6.81. The van der Waals surface area contributed by atoms with E-state index in [0.29, 0.717) is 11.3 Å². The molecule has 4 heteroatoms. The van der Waals surface area contributed by atoms with Crippen molar-refractivity contribution in [1.82, 2.24) is 9.97 Å². The minimum absolute atomic E-state index is 0.606. The van der Waals surface area contributed by atoms with Gasteiger partial charge < -0.3 is 0 Å². The van der Waals surface area contributed by atoms with Crippen molar-refractivity contribution in [2.24, 2.45) is 0 Å². The Hall–Kier alpha value is -6.36. The predicted octanol–water partition coefficient (Wildman–Crippen LogP) is 10.5. The quantitative estimate of drug-likeness (QED) is 0.159.